The molecule has 0 saturated carbocycles. The number of sulfonamides is 1. The van der Waals surface area contributed by atoms with Gasteiger partial charge in [0.1, 0.15) is 10.7 Å². The predicted octanol–water partition coefficient (Wildman–Crippen LogP) is 1.54. The predicted molar refractivity (Wildman–Crippen MR) is 88.3 cm³/mol. The third-order valence-electron chi connectivity index (χ3n) is 3.50. The fourth-order valence-electron chi connectivity index (χ4n) is 2.18. The standard InChI is InChI=1S/C16H15FN2O5S/c1-19(13-6-4-3-5-11(13)15(18)20)25(22,23)14-9-10(16(21)24-2)7-8-12(14)17/h3-9H,1-2H3,(H2,18,20). The van der Waals surface area contributed by atoms with Gasteiger partial charge in [-0.3, -0.25) is 9.10 Å². The Morgan fingerprint density at radius 3 is 2.40 bits per heavy atom. The SMILES string of the molecule is COC(=O)c1ccc(F)c(S(=O)(=O)N(C)c2ccccc2C(N)=O)c1. The van der Waals surface area contributed by atoms with E-state index in [1.807, 2.05) is 0 Å². The number of anilines is 1. The van der Waals surface area contributed by atoms with E-state index >= 15 is 0 Å². The lowest BCUT2D eigenvalue weighted by Crippen LogP contribution is -2.30. The van der Waals surface area contributed by atoms with Crippen LogP contribution in [0, 0.1) is 5.82 Å². The van der Waals surface area contributed by atoms with Crippen molar-refractivity contribution >= 4 is 27.6 Å². The number of benzene rings is 2. The molecular weight excluding hydrogens is 351 g/mol. The van der Waals surface area contributed by atoms with Gasteiger partial charge in [-0.2, -0.15) is 0 Å². The first kappa shape index (κ1) is 18.4. The second kappa shape index (κ2) is 6.89. The molecule has 132 valence electrons. The molecule has 0 bridgehead atoms. The maximum absolute atomic E-state index is 14.1. The largest absolute Gasteiger partial charge is 0.465 e. The Morgan fingerprint density at radius 2 is 1.80 bits per heavy atom. The number of carbonyl (C=O) groups excluding carboxylic acids is 2. The quantitative estimate of drug-likeness (QED) is 0.808. The molecule has 2 aromatic rings. The number of nitrogens with zero attached hydrogens (tertiary/aromatic N) is 1. The number of carbonyl (C=O) groups is 2. The van der Waals surface area contributed by atoms with E-state index in [0.29, 0.717) is 0 Å². The van der Waals surface area contributed by atoms with Crippen molar-refractivity contribution in [2.45, 2.75) is 4.90 Å². The van der Waals surface area contributed by atoms with Crippen molar-refractivity contribution in [3.8, 4) is 0 Å². The van der Waals surface area contributed by atoms with Crippen LogP contribution in [0.25, 0.3) is 0 Å². The average molecular weight is 366 g/mol. The minimum absolute atomic E-state index is 0.0159. The molecule has 0 fully saturated rings. The molecule has 0 atom stereocenters. The smallest absolute Gasteiger partial charge is 0.337 e. The first-order valence-corrected chi connectivity index (χ1v) is 8.39. The number of nitrogens with two attached hydrogens (primary N) is 1. The summed E-state index contributed by atoms with van der Waals surface area (Å²) in [4.78, 5) is 22.4. The number of ether oxygens (including phenoxy) is 1. The lowest BCUT2D eigenvalue weighted by molar-refractivity contribution is 0.0600. The van der Waals surface area contributed by atoms with E-state index in [9.17, 15) is 22.4 Å². The van der Waals surface area contributed by atoms with Crippen molar-refractivity contribution < 1.29 is 27.1 Å². The highest BCUT2D eigenvalue weighted by atomic mass is 32.2. The average Bonchev–Trinajstić information content (AvgIpc) is 2.60. The van der Waals surface area contributed by atoms with Crippen molar-refractivity contribution in [3.05, 3.63) is 59.4 Å². The molecular formula is C16H15FN2O5S. The summed E-state index contributed by atoms with van der Waals surface area (Å²) >= 11 is 0. The molecule has 2 N–H and O–H groups in total. The van der Waals surface area contributed by atoms with Crippen LogP contribution in [-0.4, -0.2) is 34.5 Å². The molecule has 0 radical (unpaired) electrons. The van der Waals surface area contributed by atoms with E-state index in [0.717, 1.165) is 36.7 Å². The number of rotatable bonds is 5. The summed E-state index contributed by atoms with van der Waals surface area (Å²) in [7, 11) is -2.13. The Morgan fingerprint density at radius 1 is 1.16 bits per heavy atom. The summed E-state index contributed by atoms with van der Waals surface area (Å²) in [6, 6.07) is 8.58. The Kier molecular flexibility index (Phi) is 5.07. The third-order valence-corrected chi connectivity index (χ3v) is 5.29. The first-order valence-electron chi connectivity index (χ1n) is 6.95. The van der Waals surface area contributed by atoms with Gasteiger partial charge in [-0.15, -0.1) is 0 Å². The van der Waals surface area contributed by atoms with Crippen molar-refractivity contribution in [3.63, 3.8) is 0 Å². The van der Waals surface area contributed by atoms with Crippen LogP contribution in [0.4, 0.5) is 10.1 Å². The molecule has 1 amide bonds. The van der Waals surface area contributed by atoms with Gasteiger partial charge >= 0.3 is 5.97 Å². The van der Waals surface area contributed by atoms with Crippen LogP contribution in [0.1, 0.15) is 20.7 Å². The van der Waals surface area contributed by atoms with Gasteiger partial charge in [0.15, 0.2) is 0 Å². The normalized spacial score (nSPS) is 11.0. The molecule has 2 rings (SSSR count). The Hall–Kier alpha value is -2.94. The van der Waals surface area contributed by atoms with Gasteiger partial charge in [0, 0.05) is 7.05 Å². The molecule has 0 aliphatic rings. The lowest BCUT2D eigenvalue weighted by Gasteiger charge is -2.22. The highest BCUT2D eigenvalue weighted by Crippen LogP contribution is 2.27. The van der Waals surface area contributed by atoms with Crippen LogP contribution in [0.2, 0.25) is 0 Å². The van der Waals surface area contributed by atoms with E-state index in [1.165, 1.54) is 24.3 Å². The number of para-hydroxylation sites is 1. The van der Waals surface area contributed by atoms with Crippen LogP contribution in [0.5, 0.6) is 0 Å². The molecule has 0 aromatic heterocycles. The summed E-state index contributed by atoms with van der Waals surface area (Å²) < 4.78 is 44.9. The molecule has 0 heterocycles. The summed E-state index contributed by atoms with van der Waals surface area (Å²) in [6.07, 6.45) is 0. The second-order valence-electron chi connectivity index (χ2n) is 4.99. The van der Waals surface area contributed by atoms with Gasteiger partial charge in [0.25, 0.3) is 15.9 Å². The Bertz CT molecular complexity index is 943. The van der Waals surface area contributed by atoms with E-state index in [4.69, 9.17) is 5.73 Å². The van der Waals surface area contributed by atoms with Crippen LogP contribution < -0.4 is 10.0 Å². The lowest BCUT2D eigenvalue weighted by atomic mass is 10.2. The minimum atomic E-state index is -4.40. The number of esters is 1. The minimum Gasteiger partial charge on any atom is -0.465 e. The summed E-state index contributed by atoms with van der Waals surface area (Å²) in [5, 5.41) is 0. The van der Waals surface area contributed by atoms with Crippen molar-refractivity contribution in [2.75, 3.05) is 18.5 Å². The summed E-state index contributed by atoms with van der Waals surface area (Å²) in [5.41, 5.74) is 5.07. The third kappa shape index (κ3) is 3.45. The number of halogens is 1. The number of primary amides is 1. The fourth-order valence-corrected chi connectivity index (χ4v) is 3.48. The van der Waals surface area contributed by atoms with Crippen molar-refractivity contribution in [1.29, 1.82) is 0 Å². The zero-order valence-electron chi connectivity index (χ0n) is 13.4. The Balaban J connectivity index is 2.60. The van der Waals surface area contributed by atoms with Gasteiger partial charge in [0.2, 0.25) is 0 Å². The van der Waals surface area contributed by atoms with E-state index < -0.39 is 32.6 Å². The van der Waals surface area contributed by atoms with Gasteiger partial charge in [-0.25, -0.2) is 17.6 Å². The molecule has 9 heteroatoms. The number of hydrogen-bond acceptors (Lipinski definition) is 5. The molecule has 0 saturated heterocycles. The van der Waals surface area contributed by atoms with Crippen LogP contribution >= 0.6 is 0 Å². The number of hydrogen-bond donors (Lipinski definition) is 1. The molecule has 7 nitrogen and oxygen atoms in total. The first-order chi connectivity index (χ1) is 11.7. The van der Waals surface area contributed by atoms with Gasteiger partial charge in [-0.1, -0.05) is 12.1 Å². The zero-order valence-corrected chi connectivity index (χ0v) is 14.2. The monoisotopic (exact) mass is 366 g/mol. The molecule has 0 spiro atoms. The van der Waals surface area contributed by atoms with E-state index in [1.54, 1.807) is 0 Å². The van der Waals surface area contributed by atoms with E-state index in [2.05, 4.69) is 4.74 Å². The number of amides is 1. The maximum atomic E-state index is 14.1. The highest BCUT2D eigenvalue weighted by molar-refractivity contribution is 7.92. The molecule has 25 heavy (non-hydrogen) atoms. The van der Waals surface area contributed by atoms with Crippen LogP contribution in [0.3, 0.4) is 0 Å². The van der Waals surface area contributed by atoms with Gasteiger partial charge in [-0.05, 0) is 30.3 Å². The fraction of sp³-hybridized carbons (Fsp3) is 0.125. The molecule has 0 aliphatic carbocycles. The highest BCUT2D eigenvalue weighted by Gasteiger charge is 2.28. The molecule has 0 aliphatic heterocycles. The molecule has 0 unspecified atom stereocenters. The molecule has 2 aromatic carbocycles. The summed E-state index contributed by atoms with van der Waals surface area (Å²) in [5.74, 6) is -2.69. The van der Waals surface area contributed by atoms with Crippen molar-refractivity contribution in [1.82, 2.24) is 0 Å². The van der Waals surface area contributed by atoms with Crippen molar-refractivity contribution in [2.24, 2.45) is 5.73 Å². The maximum Gasteiger partial charge on any atom is 0.337 e. The topological polar surface area (TPSA) is 107 Å². The van der Waals surface area contributed by atoms with Gasteiger partial charge in [0.05, 0.1) is 23.9 Å². The second-order valence-corrected chi connectivity index (χ2v) is 6.93. The zero-order chi connectivity index (χ0) is 18.8. The summed E-state index contributed by atoms with van der Waals surface area (Å²) in [6.45, 7) is 0. The van der Waals surface area contributed by atoms with Gasteiger partial charge < -0.3 is 10.5 Å². The van der Waals surface area contributed by atoms with E-state index in [-0.39, 0.29) is 16.8 Å². The van der Waals surface area contributed by atoms with Crippen LogP contribution in [0.15, 0.2) is 47.4 Å². The van der Waals surface area contributed by atoms with Crippen LogP contribution in [-0.2, 0) is 14.8 Å². The number of methoxy groups -OCH3 is 1. The Labute approximate surface area is 143 Å².